The van der Waals surface area contributed by atoms with E-state index < -0.39 is 25.9 Å². The standard InChI is InChI=1S/C16H19FN2O4S2/c1-3-10-18-24(20,21)15-7-5-14(6-8-15)19-25(22,23)16-9-4-13(17)11-12(16)2/h4-9,11,18-19H,3,10H2,1-2H3. The second kappa shape index (κ2) is 7.51. The number of hydrogen-bond donors (Lipinski definition) is 2. The second-order valence-corrected chi connectivity index (χ2v) is 8.86. The lowest BCUT2D eigenvalue weighted by atomic mass is 10.2. The summed E-state index contributed by atoms with van der Waals surface area (Å²) in [6, 6.07) is 8.72. The fourth-order valence-electron chi connectivity index (χ4n) is 2.15. The number of benzene rings is 2. The topological polar surface area (TPSA) is 92.3 Å². The molecular weight excluding hydrogens is 367 g/mol. The first-order chi connectivity index (χ1) is 11.7. The lowest BCUT2D eigenvalue weighted by Gasteiger charge is -2.11. The summed E-state index contributed by atoms with van der Waals surface area (Å²) >= 11 is 0. The Hall–Kier alpha value is -1.97. The van der Waals surface area contributed by atoms with Gasteiger partial charge in [-0.05, 0) is 61.4 Å². The summed E-state index contributed by atoms with van der Waals surface area (Å²) in [7, 11) is -7.52. The number of sulfonamides is 2. The number of rotatable bonds is 7. The van der Waals surface area contributed by atoms with E-state index in [9.17, 15) is 21.2 Å². The van der Waals surface area contributed by atoms with Crippen molar-refractivity contribution in [1.82, 2.24) is 4.72 Å². The molecule has 2 N–H and O–H groups in total. The van der Waals surface area contributed by atoms with Crippen molar-refractivity contribution in [1.29, 1.82) is 0 Å². The highest BCUT2D eigenvalue weighted by Crippen LogP contribution is 2.21. The molecule has 2 rings (SSSR count). The fourth-order valence-corrected chi connectivity index (χ4v) is 4.57. The van der Waals surface area contributed by atoms with Crippen molar-refractivity contribution in [3.63, 3.8) is 0 Å². The molecule has 0 heterocycles. The number of anilines is 1. The van der Waals surface area contributed by atoms with Crippen molar-refractivity contribution >= 4 is 25.7 Å². The zero-order valence-corrected chi connectivity index (χ0v) is 15.4. The van der Waals surface area contributed by atoms with Crippen molar-refractivity contribution in [2.75, 3.05) is 11.3 Å². The molecule has 0 saturated carbocycles. The van der Waals surface area contributed by atoms with Crippen LogP contribution in [0.2, 0.25) is 0 Å². The van der Waals surface area contributed by atoms with Gasteiger partial charge in [0.1, 0.15) is 5.82 Å². The van der Waals surface area contributed by atoms with Crippen molar-refractivity contribution in [2.45, 2.75) is 30.1 Å². The van der Waals surface area contributed by atoms with Crippen molar-refractivity contribution < 1.29 is 21.2 Å². The van der Waals surface area contributed by atoms with Crippen LogP contribution in [0.1, 0.15) is 18.9 Å². The van der Waals surface area contributed by atoms with E-state index in [1.165, 1.54) is 37.3 Å². The Morgan fingerprint density at radius 1 is 0.960 bits per heavy atom. The van der Waals surface area contributed by atoms with Gasteiger partial charge in [0.05, 0.1) is 9.79 Å². The number of aryl methyl sites for hydroxylation is 1. The molecule has 9 heteroatoms. The first kappa shape index (κ1) is 19.4. The van der Waals surface area contributed by atoms with Gasteiger partial charge in [-0.15, -0.1) is 0 Å². The van der Waals surface area contributed by atoms with E-state index in [0.717, 1.165) is 12.1 Å². The molecule has 0 aliphatic rings. The van der Waals surface area contributed by atoms with E-state index in [4.69, 9.17) is 0 Å². The summed E-state index contributed by atoms with van der Waals surface area (Å²) in [4.78, 5) is -0.00271. The quantitative estimate of drug-likeness (QED) is 0.765. The number of nitrogens with one attached hydrogen (secondary N) is 2. The summed E-state index contributed by atoms with van der Waals surface area (Å²) in [6.45, 7) is 3.66. The minimum atomic E-state index is -3.91. The van der Waals surface area contributed by atoms with Gasteiger partial charge in [-0.1, -0.05) is 6.92 Å². The molecule has 0 aliphatic heterocycles. The Morgan fingerprint density at radius 2 is 1.60 bits per heavy atom. The zero-order chi connectivity index (χ0) is 18.7. The van der Waals surface area contributed by atoms with E-state index in [2.05, 4.69) is 9.44 Å². The zero-order valence-electron chi connectivity index (χ0n) is 13.8. The smallest absolute Gasteiger partial charge is 0.262 e. The molecule has 0 aliphatic carbocycles. The Morgan fingerprint density at radius 3 is 2.16 bits per heavy atom. The highest BCUT2D eigenvalue weighted by atomic mass is 32.2. The molecule has 0 amide bonds. The molecule has 0 aromatic heterocycles. The van der Waals surface area contributed by atoms with Crippen molar-refractivity contribution in [3.8, 4) is 0 Å². The molecule has 0 radical (unpaired) electrons. The molecule has 0 spiro atoms. The summed E-state index contributed by atoms with van der Waals surface area (Å²) in [5.41, 5.74) is 0.480. The maximum atomic E-state index is 13.1. The van der Waals surface area contributed by atoms with Gasteiger partial charge in [0.2, 0.25) is 10.0 Å². The molecule has 25 heavy (non-hydrogen) atoms. The van der Waals surface area contributed by atoms with E-state index in [1.54, 1.807) is 0 Å². The van der Waals surface area contributed by atoms with Gasteiger partial charge < -0.3 is 0 Å². The minimum Gasteiger partial charge on any atom is -0.280 e. The summed E-state index contributed by atoms with van der Waals surface area (Å²) in [6.07, 6.45) is 0.661. The van der Waals surface area contributed by atoms with Crippen LogP contribution in [0.15, 0.2) is 52.3 Å². The molecule has 6 nitrogen and oxygen atoms in total. The molecule has 0 saturated heterocycles. The van der Waals surface area contributed by atoms with Crippen LogP contribution in [-0.4, -0.2) is 23.4 Å². The van der Waals surface area contributed by atoms with Gasteiger partial charge in [-0.25, -0.2) is 25.9 Å². The van der Waals surface area contributed by atoms with Crippen LogP contribution >= 0.6 is 0 Å². The summed E-state index contributed by atoms with van der Waals surface area (Å²) in [5, 5.41) is 0. The third kappa shape index (κ3) is 4.77. The lowest BCUT2D eigenvalue weighted by Crippen LogP contribution is -2.24. The van der Waals surface area contributed by atoms with E-state index >= 15 is 0 Å². The van der Waals surface area contributed by atoms with Gasteiger partial charge in [0.15, 0.2) is 0 Å². The first-order valence-corrected chi connectivity index (χ1v) is 10.5. The van der Waals surface area contributed by atoms with Crippen LogP contribution < -0.4 is 9.44 Å². The highest BCUT2D eigenvalue weighted by molar-refractivity contribution is 7.92. The molecule has 2 aromatic rings. The van der Waals surface area contributed by atoms with Crippen LogP contribution in [0.5, 0.6) is 0 Å². The summed E-state index contributed by atoms with van der Waals surface area (Å²) in [5.74, 6) is -0.523. The third-order valence-electron chi connectivity index (χ3n) is 3.39. The Balaban J connectivity index is 2.23. The van der Waals surface area contributed by atoms with Crippen LogP contribution in [0.4, 0.5) is 10.1 Å². The molecule has 2 aromatic carbocycles. The average molecular weight is 386 g/mol. The SMILES string of the molecule is CCCNS(=O)(=O)c1ccc(NS(=O)(=O)c2ccc(F)cc2C)cc1. The average Bonchev–Trinajstić information content (AvgIpc) is 2.52. The van der Waals surface area contributed by atoms with E-state index in [0.29, 0.717) is 13.0 Å². The Kier molecular flexibility index (Phi) is 5.81. The molecule has 0 bridgehead atoms. The Bertz CT molecular complexity index is 956. The van der Waals surface area contributed by atoms with Gasteiger partial charge in [-0.2, -0.15) is 0 Å². The maximum absolute atomic E-state index is 13.1. The highest BCUT2D eigenvalue weighted by Gasteiger charge is 2.18. The normalized spacial score (nSPS) is 12.1. The van der Waals surface area contributed by atoms with Gasteiger partial charge in [0.25, 0.3) is 10.0 Å². The van der Waals surface area contributed by atoms with Crippen LogP contribution in [-0.2, 0) is 20.0 Å². The third-order valence-corrected chi connectivity index (χ3v) is 6.40. The second-order valence-electron chi connectivity index (χ2n) is 5.44. The molecule has 0 atom stereocenters. The van der Waals surface area contributed by atoms with Crippen LogP contribution in [0.25, 0.3) is 0 Å². The van der Waals surface area contributed by atoms with Crippen molar-refractivity contribution in [3.05, 3.63) is 53.8 Å². The maximum Gasteiger partial charge on any atom is 0.262 e. The molecular formula is C16H19FN2O4S2. The predicted molar refractivity (Wildman–Crippen MR) is 93.9 cm³/mol. The van der Waals surface area contributed by atoms with Crippen LogP contribution in [0.3, 0.4) is 0 Å². The van der Waals surface area contributed by atoms with E-state index in [-0.39, 0.29) is 21.0 Å². The molecule has 136 valence electrons. The fraction of sp³-hybridized carbons (Fsp3) is 0.250. The number of hydrogen-bond acceptors (Lipinski definition) is 4. The van der Waals surface area contributed by atoms with Gasteiger partial charge >= 0.3 is 0 Å². The van der Waals surface area contributed by atoms with Gasteiger partial charge in [0, 0.05) is 12.2 Å². The van der Waals surface area contributed by atoms with Crippen LogP contribution in [0, 0.1) is 12.7 Å². The monoisotopic (exact) mass is 386 g/mol. The lowest BCUT2D eigenvalue weighted by molar-refractivity contribution is 0.580. The first-order valence-electron chi connectivity index (χ1n) is 7.54. The minimum absolute atomic E-state index is 0.0434. The summed E-state index contributed by atoms with van der Waals surface area (Å²) < 4.78 is 66.7. The van der Waals surface area contributed by atoms with E-state index in [1.807, 2.05) is 6.92 Å². The number of halogens is 1. The molecule has 0 fully saturated rings. The predicted octanol–water partition coefficient (Wildman–Crippen LogP) is 2.62. The Labute approximate surface area is 147 Å². The van der Waals surface area contributed by atoms with Crippen molar-refractivity contribution in [2.24, 2.45) is 0 Å². The van der Waals surface area contributed by atoms with Gasteiger partial charge in [-0.3, -0.25) is 4.72 Å². The molecule has 0 unspecified atom stereocenters. The largest absolute Gasteiger partial charge is 0.280 e.